The molecule has 9 nitrogen and oxygen atoms in total. The first kappa shape index (κ1) is 84.9. The third-order valence-electron chi connectivity index (χ3n) is 14.0. The number of ether oxygens (including phenoxy) is 4. The predicted octanol–water partition coefficient (Wildman–Crippen LogP) is 22.4. The molecule has 0 spiro atoms. The van der Waals surface area contributed by atoms with Gasteiger partial charge in [0.2, 0.25) is 0 Å². The molecule has 0 bridgehead atoms. The van der Waals surface area contributed by atoms with Gasteiger partial charge in [0.05, 0.1) is 34.4 Å². The number of esters is 2. The largest absolute Gasteiger partial charge is 0.477 e. The number of unbranched alkanes of at least 4 members (excludes halogenated alkanes) is 13. The Balaban J connectivity index is 4.30. The Kier molecular flexibility index (Phi) is 65.1. The minimum Gasteiger partial charge on any atom is -0.477 e. The topological polar surface area (TPSA) is 108 Å². The lowest BCUT2D eigenvalue weighted by Gasteiger charge is -2.25. The summed E-state index contributed by atoms with van der Waals surface area (Å²) < 4.78 is 22.9. The standard InChI is InChI=1S/C82H127NO8/c1-6-8-10-12-14-16-18-20-22-24-26-28-30-32-34-35-36-37-38-39-40-41-42-43-44-45-47-49-51-53-55-57-59-61-63-65-67-69-71-73-80(85)91-78(77-90-82(81(86)87)88-75-74-83(3,4)5)76-89-79(84)72-70-68-66-64-62-60-58-56-54-52-50-48-46-33-31-29-27-25-23-21-19-17-15-13-11-9-7-2/h8-11,14-17,20-23,26-29,32-34,36-37,39-40,42-43,45-47,51,53,57,59,63,65,78,82H,6-7,12-13,18-19,24-25,30-31,35,38,41,44,48-50,52,54-56,58,60-62,64,66-77H2,1-5H3/p+1/b10-8-,11-9-,16-14-,17-15-,22-20-,23-21-,28-26-,29-27-,34-32-,37-36-,40-39-,43-42-,46-33-,47-45-,53-51-,59-57-,65-63-. The van der Waals surface area contributed by atoms with Crippen molar-refractivity contribution in [1.29, 1.82) is 0 Å². The van der Waals surface area contributed by atoms with E-state index in [1.165, 1.54) is 44.9 Å². The number of hydrogen-bond acceptors (Lipinski definition) is 7. The normalized spacial score (nSPS) is 14.0. The molecule has 0 aromatic carbocycles. The van der Waals surface area contributed by atoms with Gasteiger partial charge in [0.25, 0.3) is 6.29 Å². The van der Waals surface area contributed by atoms with Crippen molar-refractivity contribution in [1.82, 2.24) is 0 Å². The molecule has 1 N–H and O–H groups in total. The van der Waals surface area contributed by atoms with Crippen LogP contribution < -0.4 is 0 Å². The highest BCUT2D eigenvalue weighted by atomic mass is 16.7. The molecule has 508 valence electrons. The van der Waals surface area contributed by atoms with Gasteiger partial charge in [-0.1, -0.05) is 278 Å². The zero-order chi connectivity index (χ0) is 66.1. The van der Waals surface area contributed by atoms with E-state index in [2.05, 4.69) is 220 Å². The first-order valence-corrected chi connectivity index (χ1v) is 35.2. The van der Waals surface area contributed by atoms with E-state index in [1.54, 1.807) is 0 Å². The average molecular weight is 1260 g/mol. The summed E-state index contributed by atoms with van der Waals surface area (Å²) in [6.45, 7) is 4.57. The lowest BCUT2D eigenvalue weighted by atomic mass is 10.0. The molecule has 0 aliphatic rings. The van der Waals surface area contributed by atoms with Gasteiger partial charge in [-0.15, -0.1) is 0 Å². The minimum absolute atomic E-state index is 0.167. The average Bonchev–Trinajstić information content (AvgIpc) is 3.46. The van der Waals surface area contributed by atoms with Crippen molar-refractivity contribution < 1.29 is 42.9 Å². The zero-order valence-corrected chi connectivity index (χ0v) is 57.9. The Labute approximate surface area is 556 Å². The molecule has 0 aliphatic carbocycles. The first-order chi connectivity index (χ1) is 44.6. The maximum atomic E-state index is 12.9. The fourth-order valence-corrected chi connectivity index (χ4v) is 8.73. The number of carbonyl (C=O) groups is 3. The van der Waals surface area contributed by atoms with E-state index in [0.29, 0.717) is 17.4 Å². The summed E-state index contributed by atoms with van der Waals surface area (Å²) in [6, 6.07) is 0. The number of nitrogens with zero attached hydrogens (tertiary/aromatic N) is 1. The van der Waals surface area contributed by atoms with Crippen LogP contribution in [0.15, 0.2) is 207 Å². The fourth-order valence-electron chi connectivity index (χ4n) is 8.73. The van der Waals surface area contributed by atoms with Crippen molar-refractivity contribution in [3.63, 3.8) is 0 Å². The highest BCUT2D eigenvalue weighted by Crippen LogP contribution is 2.15. The van der Waals surface area contributed by atoms with Crippen LogP contribution in [0.2, 0.25) is 0 Å². The Morgan fingerprint density at radius 1 is 0.330 bits per heavy atom. The summed E-state index contributed by atoms with van der Waals surface area (Å²) in [5, 5.41) is 9.74. The maximum absolute atomic E-state index is 12.9. The minimum atomic E-state index is -1.54. The third-order valence-corrected chi connectivity index (χ3v) is 14.0. The molecule has 0 aliphatic heterocycles. The number of likely N-dealkylation sites (N-methyl/N-ethyl adjacent to an activating group) is 1. The smallest absolute Gasteiger partial charge is 0.361 e. The Morgan fingerprint density at radius 3 is 0.901 bits per heavy atom. The SMILES string of the molecule is CC/C=C\C/C=C\C/C=C\C/C=C\C/C=C\C/C=C\C/C=C\C/C=C\C/C=C\C/C=C\C/C=C\C/C=C\CCCCC(=O)OC(COC(=O)CCCCCCCCCCCCC/C=C\C/C=C\C/C=C\C/C=C\C/C=C\CC)COC(OCC[N+](C)(C)C)C(=O)O. The van der Waals surface area contributed by atoms with E-state index in [4.69, 9.17) is 18.9 Å². The Morgan fingerprint density at radius 2 is 0.593 bits per heavy atom. The molecule has 9 heteroatoms. The number of quaternary nitrogens is 1. The van der Waals surface area contributed by atoms with Crippen LogP contribution in [-0.2, 0) is 33.3 Å². The highest BCUT2D eigenvalue weighted by Gasteiger charge is 2.25. The third kappa shape index (κ3) is 71.2. The summed E-state index contributed by atoms with van der Waals surface area (Å²) in [7, 11) is 5.94. The van der Waals surface area contributed by atoms with Crippen molar-refractivity contribution in [3.8, 4) is 0 Å². The van der Waals surface area contributed by atoms with E-state index in [9.17, 15) is 19.5 Å². The number of carboxylic acids is 1. The molecule has 2 atom stereocenters. The second kappa shape index (κ2) is 69.8. The van der Waals surface area contributed by atoms with Gasteiger partial charge in [-0.05, 0) is 148 Å². The number of carboxylic acid groups (broad SMARTS) is 1. The van der Waals surface area contributed by atoms with Gasteiger partial charge >= 0.3 is 17.9 Å². The molecule has 0 saturated heterocycles. The second-order valence-electron chi connectivity index (χ2n) is 23.7. The summed E-state index contributed by atoms with van der Waals surface area (Å²) >= 11 is 0. The van der Waals surface area contributed by atoms with Crippen LogP contribution in [-0.4, -0.2) is 87.4 Å². The quantitative estimate of drug-likeness (QED) is 0.0211. The lowest BCUT2D eigenvalue weighted by molar-refractivity contribution is -0.870. The maximum Gasteiger partial charge on any atom is 0.361 e. The molecule has 0 fully saturated rings. The van der Waals surface area contributed by atoms with Gasteiger partial charge in [0.15, 0.2) is 6.10 Å². The van der Waals surface area contributed by atoms with E-state index < -0.39 is 24.3 Å². The van der Waals surface area contributed by atoms with Gasteiger partial charge < -0.3 is 28.5 Å². The zero-order valence-electron chi connectivity index (χ0n) is 57.9. The van der Waals surface area contributed by atoms with Crippen molar-refractivity contribution in [3.05, 3.63) is 207 Å². The van der Waals surface area contributed by atoms with Gasteiger partial charge in [-0.3, -0.25) is 9.59 Å². The van der Waals surface area contributed by atoms with Crippen molar-refractivity contribution in [2.45, 2.75) is 245 Å². The van der Waals surface area contributed by atoms with Gasteiger partial charge in [-0.25, -0.2) is 4.79 Å². The van der Waals surface area contributed by atoms with Gasteiger partial charge in [0, 0.05) is 12.8 Å². The molecule has 0 aromatic rings. The molecule has 0 radical (unpaired) electrons. The summed E-state index contributed by atoms with van der Waals surface area (Å²) in [6.07, 6.45) is 107. The molecule has 0 aromatic heterocycles. The van der Waals surface area contributed by atoms with Crippen LogP contribution in [0.1, 0.15) is 232 Å². The van der Waals surface area contributed by atoms with Crippen molar-refractivity contribution in [2.24, 2.45) is 0 Å². The number of aliphatic carboxylic acids is 1. The number of rotatable bonds is 62. The molecular weight excluding hydrogens is 1130 g/mol. The van der Waals surface area contributed by atoms with E-state index >= 15 is 0 Å². The summed E-state index contributed by atoms with van der Waals surface area (Å²) in [5.74, 6) is -2.09. The van der Waals surface area contributed by atoms with E-state index in [0.717, 1.165) is 154 Å². The van der Waals surface area contributed by atoms with Crippen LogP contribution in [0.4, 0.5) is 0 Å². The lowest BCUT2D eigenvalue weighted by Crippen LogP contribution is -2.40. The number of carbonyl (C=O) groups excluding carboxylic acids is 2. The molecule has 0 heterocycles. The first-order valence-electron chi connectivity index (χ1n) is 35.2. The van der Waals surface area contributed by atoms with Gasteiger partial charge in [-0.2, -0.15) is 0 Å². The summed E-state index contributed by atoms with van der Waals surface area (Å²) in [4.78, 5) is 37.6. The monoisotopic (exact) mass is 1250 g/mol. The highest BCUT2D eigenvalue weighted by molar-refractivity contribution is 5.71. The van der Waals surface area contributed by atoms with Crippen LogP contribution in [0.25, 0.3) is 0 Å². The van der Waals surface area contributed by atoms with Gasteiger partial charge in [0.1, 0.15) is 13.2 Å². The van der Waals surface area contributed by atoms with Crippen LogP contribution >= 0.6 is 0 Å². The van der Waals surface area contributed by atoms with Crippen LogP contribution in [0.3, 0.4) is 0 Å². The predicted molar refractivity (Wildman–Crippen MR) is 391 cm³/mol. The van der Waals surface area contributed by atoms with Crippen LogP contribution in [0.5, 0.6) is 0 Å². The molecule has 0 amide bonds. The van der Waals surface area contributed by atoms with Crippen LogP contribution in [0, 0.1) is 0 Å². The Bertz CT molecular complexity index is 2250. The number of hydrogen-bond donors (Lipinski definition) is 1. The summed E-state index contributed by atoms with van der Waals surface area (Å²) in [5.41, 5.74) is 0. The van der Waals surface area contributed by atoms with Crippen molar-refractivity contribution >= 4 is 17.9 Å². The second-order valence-corrected chi connectivity index (χ2v) is 23.7. The van der Waals surface area contributed by atoms with E-state index in [1.807, 2.05) is 21.1 Å². The Hall–Kier alpha value is -6.13. The van der Waals surface area contributed by atoms with E-state index in [-0.39, 0.29) is 38.6 Å². The molecule has 2 unspecified atom stereocenters. The fraction of sp³-hybridized carbons (Fsp3) is 0.549. The molecule has 0 saturated carbocycles. The molecular formula is C82H128NO8+. The molecule has 91 heavy (non-hydrogen) atoms. The number of allylic oxidation sites excluding steroid dienone is 34. The van der Waals surface area contributed by atoms with Crippen molar-refractivity contribution in [2.75, 3.05) is 47.5 Å². The molecule has 0 rings (SSSR count).